The SMILES string of the molecule is CC(=O)N[C@H]1[C@H](O[C@@H]2[C@@H](O)[C@H](O[C@@H]3O[C@H](CO)[C@@H](O)[C@H](O[C@@H]4O[C@H](CO)[C@H](O)[C@H](O)[C@H]4O)[C@H]3NC(C)=O)[C@@H](C(=O)O)O[C@H]2O)O[C@H](CO)[C@@H](O)[C@@H]1O. The molecule has 300 valence electrons. The van der Waals surface area contributed by atoms with Crippen LogP contribution < -0.4 is 10.6 Å². The Morgan fingerprint density at radius 2 is 0.962 bits per heavy atom. The minimum absolute atomic E-state index is 0.747. The summed E-state index contributed by atoms with van der Waals surface area (Å²) >= 11 is 0. The maximum atomic E-state index is 12.3. The van der Waals surface area contributed by atoms with Crippen LogP contribution in [-0.2, 0) is 47.5 Å². The number of ether oxygens (including phenoxy) is 7. The fourth-order valence-corrected chi connectivity index (χ4v) is 6.30. The van der Waals surface area contributed by atoms with Gasteiger partial charge in [-0.1, -0.05) is 0 Å². The van der Waals surface area contributed by atoms with Crippen molar-refractivity contribution in [2.75, 3.05) is 19.8 Å². The molecule has 14 N–H and O–H groups in total. The quantitative estimate of drug-likeness (QED) is 0.0877. The van der Waals surface area contributed by atoms with Crippen LogP contribution in [0.1, 0.15) is 13.8 Å². The number of carbonyl (C=O) groups is 3. The van der Waals surface area contributed by atoms with Crippen molar-refractivity contribution in [3.05, 3.63) is 0 Å². The highest BCUT2D eigenvalue weighted by molar-refractivity contribution is 5.74. The molecule has 0 aliphatic carbocycles. The molecule has 4 heterocycles. The first-order chi connectivity index (χ1) is 24.4. The predicted octanol–water partition coefficient (Wildman–Crippen LogP) is -9.37. The van der Waals surface area contributed by atoms with E-state index >= 15 is 0 Å². The van der Waals surface area contributed by atoms with Crippen LogP contribution in [0.4, 0.5) is 0 Å². The van der Waals surface area contributed by atoms with Gasteiger partial charge in [0.15, 0.2) is 31.3 Å². The molecule has 0 aromatic carbocycles. The van der Waals surface area contributed by atoms with Crippen molar-refractivity contribution in [1.82, 2.24) is 10.6 Å². The van der Waals surface area contributed by atoms with Crippen LogP contribution in [0.5, 0.6) is 0 Å². The zero-order valence-electron chi connectivity index (χ0n) is 27.6. The fourth-order valence-electron chi connectivity index (χ4n) is 6.30. The number of nitrogens with one attached hydrogen (secondary N) is 2. The number of carbonyl (C=O) groups excluding carboxylic acids is 2. The second-order valence-corrected chi connectivity index (χ2v) is 12.7. The van der Waals surface area contributed by atoms with Crippen molar-refractivity contribution in [2.45, 2.75) is 137 Å². The standard InChI is InChI=1S/C28H46N2O22/c1-6(34)29-11-16(39)13(36)8(3-31)46-26(11)52-22-19(42)21(23(24(43)44)49-25(22)45)51-27-12(30-7(2)35)20(15(38)10(5-33)47-27)50-28-18(41)17(40)14(37)9(4-32)48-28/h8-23,25-28,31-33,36-42,45H,3-5H2,1-2H3,(H,29,34)(H,30,35)(H,43,44)/t8-,9-,10-,11-,12-,13-,14+,15-,16-,17+,18-,19+,20-,21+,22-,23+,25-,26+,27+,28+/m1/s1. The van der Waals surface area contributed by atoms with E-state index in [9.17, 15) is 75.7 Å². The first kappa shape index (κ1) is 42.4. The van der Waals surface area contributed by atoms with Crippen molar-refractivity contribution in [1.29, 1.82) is 0 Å². The highest BCUT2D eigenvalue weighted by Crippen LogP contribution is 2.34. The van der Waals surface area contributed by atoms with Gasteiger partial charge in [-0.3, -0.25) is 9.59 Å². The molecule has 0 aromatic rings. The number of carboxylic acid groups (broad SMARTS) is 1. The Morgan fingerprint density at radius 1 is 0.519 bits per heavy atom. The molecule has 4 saturated heterocycles. The third-order valence-electron chi connectivity index (χ3n) is 8.98. The third kappa shape index (κ3) is 8.96. The molecule has 4 rings (SSSR count). The second-order valence-electron chi connectivity index (χ2n) is 12.7. The Labute approximate surface area is 293 Å². The van der Waals surface area contributed by atoms with E-state index in [-0.39, 0.29) is 0 Å². The van der Waals surface area contributed by atoms with E-state index in [0.717, 1.165) is 13.8 Å². The number of carboxylic acids is 1. The van der Waals surface area contributed by atoms with E-state index in [0.29, 0.717) is 0 Å². The summed E-state index contributed by atoms with van der Waals surface area (Å²) in [6, 6.07) is -3.30. The molecule has 2 amide bonds. The molecule has 4 fully saturated rings. The first-order valence-electron chi connectivity index (χ1n) is 16.1. The monoisotopic (exact) mass is 762 g/mol. The van der Waals surface area contributed by atoms with Crippen molar-refractivity contribution < 1.29 is 109 Å². The van der Waals surface area contributed by atoms with Gasteiger partial charge in [0.1, 0.15) is 91.4 Å². The molecule has 0 spiro atoms. The topological polar surface area (TPSA) is 383 Å². The number of hydrogen-bond acceptors (Lipinski definition) is 21. The molecule has 24 nitrogen and oxygen atoms in total. The van der Waals surface area contributed by atoms with Gasteiger partial charge in [-0.2, -0.15) is 0 Å². The third-order valence-corrected chi connectivity index (χ3v) is 8.98. The van der Waals surface area contributed by atoms with E-state index in [2.05, 4.69) is 10.6 Å². The summed E-state index contributed by atoms with van der Waals surface area (Å²) in [6.07, 6.45) is -34.2. The van der Waals surface area contributed by atoms with Gasteiger partial charge >= 0.3 is 5.97 Å². The largest absolute Gasteiger partial charge is 0.479 e. The molecule has 52 heavy (non-hydrogen) atoms. The van der Waals surface area contributed by atoms with Crippen molar-refractivity contribution in [3.8, 4) is 0 Å². The second kappa shape index (κ2) is 17.9. The fraction of sp³-hybridized carbons (Fsp3) is 0.893. The lowest BCUT2D eigenvalue weighted by Gasteiger charge is -2.50. The van der Waals surface area contributed by atoms with Crippen LogP contribution >= 0.6 is 0 Å². The highest BCUT2D eigenvalue weighted by Gasteiger charge is 2.57. The summed E-state index contributed by atoms with van der Waals surface area (Å²) in [5.74, 6) is -3.39. The minimum atomic E-state index is -2.28. The van der Waals surface area contributed by atoms with Crippen molar-refractivity contribution >= 4 is 17.8 Å². The zero-order chi connectivity index (χ0) is 38.8. The Bertz CT molecular complexity index is 1220. The average molecular weight is 763 g/mol. The maximum absolute atomic E-state index is 12.3. The molecular weight excluding hydrogens is 716 g/mol. The average Bonchev–Trinajstić information content (AvgIpc) is 3.08. The summed E-state index contributed by atoms with van der Waals surface area (Å²) in [6.45, 7) is -0.638. The van der Waals surface area contributed by atoms with Crippen LogP contribution in [0.2, 0.25) is 0 Å². The summed E-state index contributed by atoms with van der Waals surface area (Å²) in [4.78, 5) is 36.5. The van der Waals surface area contributed by atoms with Gasteiger partial charge in [0, 0.05) is 13.8 Å². The van der Waals surface area contributed by atoms with Gasteiger partial charge < -0.3 is 105 Å². The van der Waals surface area contributed by atoms with E-state index in [1.807, 2.05) is 0 Å². The van der Waals surface area contributed by atoms with Crippen LogP contribution in [0.25, 0.3) is 0 Å². The predicted molar refractivity (Wildman–Crippen MR) is 158 cm³/mol. The van der Waals surface area contributed by atoms with Crippen molar-refractivity contribution in [2.24, 2.45) is 0 Å². The summed E-state index contributed by atoms with van der Waals surface area (Å²) in [7, 11) is 0. The smallest absolute Gasteiger partial charge is 0.335 e. The molecule has 0 radical (unpaired) electrons. The lowest BCUT2D eigenvalue weighted by Crippen LogP contribution is -2.70. The molecule has 0 saturated carbocycles. The molecule has 0 bridgehead atoms. The Balaban J connectivity index is 1.65. The van der Waals surface area contributed by atoms with Crippen LogP contribution in [0, 0.1) is 0 Å². The molecule has 0 aromatic heterocycles. The zero-order valence-corrected chi connectivity index (χ0v) is 27.6. The number of aliphatic hydroxyl groups excluding tert-OH is 11. The van der Waals surface area contributed by atoms with Gasteiger partial charge in [-0.25, -0.2) is 4.79 Å². The van der Waals surface area contributed by atoms with Gasteiger partial charge in [0.2, 0.25) is 11.8 Å². The van der Waals surface area contributed by atoms with Crippen LogP contribution in [0.3, 0.4) is 0 Å². The number of aliphatic hydroxyl groups is 11. The molecule has 24 heteroatoms. The number of hydrogen-bond donors (Lipinski definition) is 14. The lowest BCUT2D eigenvalue weighted by atomic mass is 9.94. The van der Waals surface area contributed by atoms with E-state index < -0.39 is 160 Å². The molecule has 20 atom stereocenters. The van der Waals surface area contributed by atoms with Gasteiger partial charge in [-0.05, 0) is 0 Å². The summed E-state index contributed by atoms with van der Waals surface area (Å²) in [5, 5.41) is 129. The molecule has 4 aliphatic rings. The lowest BCUT2D eigenvalue weighted by molar-refractivity contribution is -0.373. The van der Waals surface area contributed by atoms with E-state index in [1.54, 1.807) is 0 Å². The van der Waals surface area contributed by atoms with E-state index in [4.69, 9.17) is 33.2 Å². The summed E-state index contributed by atoms with van der Waals surface area (Å²) < 4.78 is 38.8. The van der Waals surface area contributed by atoms with Gasteiger partial charge in [-0.15, -0.1) is 0 Å². The van der Waals surface area contributed by atoms with Gasteiger partial charge in [0.25, 0.3) is 0 Å². The minimum Gasteiger partial charge on any atom is -0.479 e. The first-order valence-corrected chi connectivity index (χ1v) is 16.1. The Morgan fingerprint density at radius 3 is 1.48 bits per heavy atom. The van der Waals surface area contributed by atoms with Crippen molar-refractivity contribution in [3.63, 3.8) is 0 Å². The highest BCUT2D eigenvalue weighted by atomic mass is 16.8. The number of rotatable bonds is 12. The normalized spacial score (nSPS) is 47.0. The Kier molecular flexibility index (Phi) is 14.6. The van der Waals surface area contributed by atoms with E-state index in [1.165, 1.54) is 0 Å². The Hall–Kier alpha value is -2.31. The molecule has 4 aliphatic heterocycles. The van der Waals surface area contributed by atoms with Crippen LogP contribution in [0.15, 0.2) is 0 Å². The summed E-state index contributed by atoms with van der Waals surface area (Å²) in [5.41, 5.74) is 0. The number of aliphatic carboxylic acids is 1. The molecular formula is C28H46N2O22. The molecule has 0 unspecified atom stereocenters. The maximum Gasteiger partial charge on any atom is 0.335 e. The van der Waals surface area contributed by atoms with Gasteiger partial charge in [0.05, 0.1) is 19.8 Å². The van der Waals surface area contributed by atoms with Crippen LogP contribution in [-0.4, -0.2) is 222 Å². The number of amides is 2.